The van der Waals surface area contributed by atoms with Gasteiger partial charge in [0.15, 0.2) is 12.0 Å². The molecule has 2 heteroatoms. The van der Waals surface area contributed by atoms with Gasteiger partial charge >= 0.3 is 0 Å². The minimum atomic E-state index is 0.596. The Morgan fingerprint density at radius 2 is 1.94 bits per heavy atom. The van der Waals surface area contributed by atoms with E-state index in [1.807, 2.05) is 37.3 Å². The van der Waals surface area contributed by atoms with Gasteiger partial charge in [0.2, 0.25) is 0 Å². The Morgan fingerprint density at radius 3 is 2.62 bits per heavy atom. The van der Waals surface area contributed by atoms with Crippen LogP contribution >= 0.6 is 0 Å². The third-order valence-electron chi connectivity index (χ3n) is 2.15. The third kappa shape index (κ3) is 2.21. The van der Waals surface area contributed by atoms with Crippen molar-refractivity contribution < 1.29 is 9.21 Å². The van der Waals surface area contributed by atoms with Gasteiger partial charge in [-0.25, -0.2) is 0 Å². The van der Waals surface area contributed by atoms with Crippen molar-refractivity contribution in [2.24, 2.45) is 0 Å². The van der Waals surface area contributed by atoms with Crippen LogP contribution in [-0.4, -0.2) is 6.29 Å². The van der Waals surface area contributed by atoms with E-state index < -0.39 is 0 Å². The molecule has 0 saturated carbocycles. The molecule has 2 aromatic rings. The molecule has 0 atom stereocenters. The lowest BCUT2D eigenvalue weighted by Gasteiger charge is -1.93. The number of hydrogen-bond donors (Lipinski definition) is 0. The third-order valence-corrected chi connectivity index (χ3v) is 2.15. The van der Waals surface area contributed by atoms with Gasteiger partial charge in [-0.3, -0.25) is 4.79 Å². The van der Waals surface area contributed by atoms with Crippen LogP contribution in [0.15, 0.2) is 40.8 Å². The molecular weight excluding hydrogens is 200 g/mol. The first-order valence-corrected chi connectivity index (χ1v) is 4.92. The highest BCUT2D eigenvalue weighted by Crippen LogP contribution is 2.07. The van der Waals surface area contributed by atoms with E-state index in [4.69, 9.17) is 4.42 Å². The van der Waals surface area contributed by atoms with E-state index in [1.165, 1.54) is 0 Å². The van der Waals surface area contributed by atoms with Crippen LogP contribution in [0.3, 0.4) is 0 Å². The lowest BCUT2D eigenvalue weighted by molar-refractivity contribution is 0.112. The minimum Gasteiger partial charge on any atom is -0.453 e. The van der Waals surface area contributed by atoms with E-state index in [9.17, 15) is 4.79 Å². The number of carbonyl (C=O) groups is 1. The second-order valence-electron chi connectivity index (χ2n) is 3.37. The molecule has 0 aliphatic rings. The monoisotopic (exact) mass is 210 g/mol. The van der Waals surface area contributed by atoms with Crippen molar-refractivity contribution in [3.63, 3.8) is 0 Å². The summed E-state index contributed by atoms with van der Waals surface area (Å²) in [5.74, 6) is 7.24. The molecule has 0 saturated heterocycles. The van der Waals surface area contributed by atoms with Crippen LogP contribution in [0.1, 0.15) is 27.4 Å². The van der Waals surface area contributed by atoms with Crippen LogP contribution in [0.2, 0.25) is 0 Å². The Hall–Kier alpha value is -2.27. The fourth-order valence-electron chi connectivity index (χ4n) is 1.34. The highest BCUT2D eigenvalue weighted by atomic mass is 16.3. The first kappa shape index (κ1) is 10.3. The number of aldehydes is 1. The molecule has 0 fully saturated rings. The van der Waals surface area contributed by atoms with Gasteiger partial charge < -0.3 is 4.42 Å². The Balaban J connectivity index is 2.34. The second kappa shape index (κ2) is 4.50. The molecule has 2 rings (SSSR count). The summed E-state index contributed by atoms with van der Waals surface area (Å²) < 4.78 is 5.32. The predicted molar refractivity (Wildman–Crippen MR) is 61.3 cm³/mol. The second-order valence-corrected chi connectivity index (χ2v) is 3.37. The molecule has 0 radical (unpaired) electrons. The maximum atomic E-state index is 10.8. The standard InChI is InChI=1S/C14H10O2/c1-11-6-8-14(16-11)9-7-12-4-2-3-5-13(12)10-15/h2-6,8,10H,1H3. The van der Waals surface area contributed by atoms with Crippen molar-refractivity contribution in [1.82, 2.24) is 0 Å². The average Bonchev–Trinajstić information content (AvgIpc) is 2.73. The summed E-state index contributed by atoms with van der Waals surface area (Å²) in [5, 5.41) is 0. The Morgan fingerprint density at radius 1 is 1.12 bits per heavy atom. The van der Waals surface area contributed by atoms with Crippen LogP contribution < -0.4 is 0 Å². The van der Waals surface area contributed by atoms with Crippen LogP contribution in [0.25, 0.3) is 0 Å². The summed E-state index contributed by atoms with van der Waals surface area (Å²) in [6.07, 6.45) is 0.803. The molecule has 16 heavy (non-hydrogen) atoms. The highest BCUT2D eigenvalue weighted by Gasteiger charge is 1.96. The zero-order chi connectivity index (χ0) is 11.4. The number of benzene rings is 1. The van der Waals surface area contributed by atoms with E-state index in [1.54, 1.807) is 6.07 Å². The molecule has 0 bridgehead atoms. The summed E-state index contributed by atoms with van der Waals surface area (Å²) >= 11 is 0. The van der Waals surface area contributed by atoms with Gasteiger partial charge in [-0.15, -0.1) is 0 Å². The molecule has 0 unspecified atom stereocenters. The molecule has 1 aromatic carbocycles. The minimum absolute atomic E-state index is 0.596. The predicted octanol–water partition coefficient (Wildman–Crippen LogP) is 2.80. The molecule has 0 aliphatic carbocycles. The van der Waals surface area contributed by atoms with Crippen LogP contribution in [-0.2, 0) is 0 Å². The average molecular weight is 210 g/mol. The lowest BCUT2D eigenvalue weighted by Crippen LogP contribution is -1.85. The molecule has 1 heterocycles. The Labute approximate surface area is 93.9 Å². The highest BCUT2D eigenvalue weighted by molar-refractivity contribution is 5.79. The SMILES string of the molecule is Cc1ccc(C#Cc2ccccc2C=O)o1. The Bertz CT molecular complexity index is 568. The van der Waals surface area contributed by atoms with Gasteiger partial charge in [0.25, 0.3) is 0 Å². The number of aryl methyl sites for hydroxylation is 1. The first-order valence-electron chi connectivity index (χ1n) is 4.92. The largest absolute Gasteiger partial charge is 0.453 e. The molecule has 0 N–H and O–H groups in total. The van der Waals surface area contributed by atoms with Crippen molar-refractivity contribution in [3.05, 3.63) is 59.0 Å². The van der Waals surface area contributed by atoms with E-state index >= 15 is 0 Å². The molecule has 0 spiro atoms. The van der Waals surface area contributed by atoms with Gasteiger partial charge in [-0.05, 0) is 31.0 Å². The van der Waals surface area contributed by atoms with Gasteiger partial charge in [0.05, 0.1) is 0 Å². The number of carbonyl (C=O) groups excluding carboxylic acids is 1. The summed E-state index contributed by atoms with van der Waals surface area (Å²) in [6, 6.07) is 10.9. The maximum absolute atomic E-state index is 10.8. The van der Waals surface area contributed by atoms with E-state index in [0.29, 0.717) is 16.9 Å². The van der Waals surface area contributed by atoms with E-state index in [2.05, 4.69) is 11.8 Å². The first-order chi connectivity index (χ1) is 7.79. The number of hydrogen-bond acceptors (Lipinski definition) is 2. The smallest absolute Gasteiger partial charge is 0.177 e. The maximum Gasteiger partial charge on any atom is 0.177 e. The summed E-state index contributed by atoms with van der Waals surface area (Å²) in [4.78, 5) is 10.8. The van der Waals surface area contributed by atoms with Crippen molar-refractivity contribution in [1.29, 1.82) is 0 Å². The van der Waals surface area contributed by atoms with Crippen molar-refractivity contribution >= 4 is 6.29 Å². The molecule has 78 valence electrons. The van der Waals surface area contributed by atoms with Crippen molar-refractivity contribution in [2.45, 2.75) is 6.92 Å². The zero-order valence-corrected chi connectivity index (χ0v) is 8.86. The topological polar surface area (TPSA) is 30.2 Å². The molecule has 0 aliphatic heterocycles. The summed E-state index contributed by atoms with van der Waals surface area (Å²) in [6.45, 7) is 1.87. The molecule has 0 amide bonds. The van der Waals surface area contributed by atoms with Gasteiger partial charge in [-0.1, -0.05) is 24.1 Å². The van der Waals surface area contributed by atoms with Gasteiger partial charge in [0, 0.05) is 11.1 Å². The van der Waals surface area contributed by atoms with Gasteiger partial charge in [-0.2, -0.15) is 0 Å². The fourth-order valence-corrected chi connectivity index (χ4v) is 1.34. The van der Waals surface area contributed by atoms with E-state index in [-0.39, 0.29) is 0 Å². The molecule has 1 aromatic heterocycles. The fraction of sp³-hybridized carbons (Fsp3) is 0.0714. The summed E-state index contributed by atoms with van der Waals surface area (Å²) in [7, 11) is 0. The van der Waals surface area contributed by atoms with Crippen LogP contribution in [0.5, 0.6) is 0 Å². The summed E-state index contributed by atoms with van der Waals surface area (Å²) in [5.41, 5.74) is 1.31. The number of rotatable bonds is 1. The quantitative estimate of drug-likeness (QED) is 0.535. The molecule has 2 nitrogen and oxygen atoms in total. The van der Waals surface area contributed by atoms with Gasteiger partial charge in [0.1, 0.15) is 5.76 Å². The normalized spacial score (nSPS) is 9.31. The van der Waals surface area contributed by atoms with Crippen LogP contribution in [0, 0.1) is 18.8 Å². The van der Waals surface area contributed by atoms with Crippen LogP contribution in [0.4, 0.5) is 0 Å². The van der Waals surface area contributed by atoms with E-state index in [0.717, 1.165) is 12.0 Å². The van der Waals surface area contributed by atoms with Crippen molar-refractivity contribution in [3.8, 4) is 11.8 Å². The molecular formula is C14H10O2. The lowest BCUT2D eigenvalue weighted by atomic mass is 10.1. The zero-order valence-electron chi connectivity index (χ0n) is 8.86. The number of furan rings is 1. The Kier molecular flexibility index (Phi) is 2.88. The van der Waals surface area contributed by atoms with Crippen molar-refractivity contribution in [2.75, 3.05) is 0 Å².